The molecule has 10 rings (SSSR count). The second-order valence-corrected chi connectivity index (χ2v) is 16.3. The number of rotatable bonds is 8. The quantitative estimate of drug-likeness (QED) is 0.149. The Bertz CT molecular complexity index is 2960. The molecule has 67 heavy (non-hydrogen) atoms. The number of nitrogens with one attached hydrogen (secondary N) is 1. The highest BCUT2D eigenvalue weighted by Gasteiger charge is 2.47. The third-order valence-electron chi connectivity index (χ3n) is 12.5. The van der Waals surface area contributed by atoms with Crippen LogP contribution in [0.25, 0.3) is 44.7 Å². The SMILES string of the molecule is C=C1/C=C\CCc2ccccc2C12c1ccccc1-c1ccc(-c3cccc(C(/C=C(\N)c4ccc(-c5ccccc5)cc4)=C/Cc4ccccc4)c3)cc12.CC.CC.CNc1ccccc1. The maximum absolute atomic E-state index is 6.90. The molecular weight excluding hydrogens is 809 g/mol. The van der Waals surface area contributed by atoms with Gasteiger partial charge in [-0.1, -0.05) is 234 Å². The lowest BCUT2D eigenvalue weighted by molar-refractivity contribution is 0.742. The molecule has 334 valence electrons. The van der Waals surface area contributed by atoms with Gasteiger partial charge in [0, 0.05) is 18.4 Å². The predicted molar refractivity (Wildman–Crippen MR) is 291 cm³/mol. The molecule has 0 fully saturated rings. The Hall–Kier alpha value is -7.68. The Labute approximate surface area is 400 Å². The summed E-state index contributed by atoms with van der Waals surface area (Å²) in [6.45, 7) is 12.8. The largest absolute Gasteiger partial charge is 0.398 e. The number of hydrogen-bond donors (Lipinski definition) is 2. The molecule has 1 unspecified atom stereocenters. The number of para-hydroxylation sites is 1. The van der Waals surface area contributed by atoms with Crippen LogP contribution < -0.4 is 11.1 Å². The number of nitrogens with two attached hydrogens (primary N) is 1. The van der Waals surface area contributed by atoms with E-state index in [1.165, 1.54) is 55.6 Å². The monoisotopic (exact) mass is 873 g/mol. The van der Waals surface area contributed by atoms with Gasteiger partial charge in [-0.25, -0.2) is 0 Å². The van der Waals surface area contributed by atoms with Crippen molar-refractivity contribution in [3.8, 4) is 33.4 Å². The Balaban J connectivity index is 0.000000494. The fourth-order valence-corrected chi connectivity index (χ4v) is 9.28. The van der Waals surface area contributed by atoms with Crippen LogP contribution in [-0.4, -0.2) is 7.05 Å². The number of anilines is 1. The van der Waals surface area contributed by atoms with Crippen LogP contribution in [0, 0.1) is 0 Å². The van der Waals surface area contributed by atoms with Gasteiger partial charge >= 0.3 is 0 Å². The average molecular weight is 873 g/mol. The van der Waals surface area contributed by atoms with Crippen molar-refractivity contribution in [1.29, 1.82) is 0 Å². The van der Waals surface area contributed by atoms with Gasteiger partial charge in [-0.3, -0.25) is 0 Å². The van der Waals surface area contributed by atoms with Crippen molar-refractivity contribution in [3.63, 3.8) is 0 Å². The van der Waals surface area contributed by atoms with Gasteiger partial charge < -0.3 is 11.1 Å². The highest BCUT2D eigenvalue weighted by atomic mass is 14.8. The zero-order chi connectivity index (χ0) is 47.0. The van der Waals surface area contributed by atoms with Crippen molar-refractivity contribution in [3.05, 3.63) is 282 Å². The molecule has 8 aromatic carbocycles. The van der Waals surface area contributed by atoms with Crippen molar-refractivity contribution in [1.82, 2.24) is 0 Å². The molecule has 2 aliphatic rings. The highest BCUT2D eigenvalue weighted by Crippen LogP contribution is 2.58. The second-order valence-electron chi connectivity index (χ2n) is 16.3. The van der Waals surface area contributed by atoms with E-state index in [1.807, 2.05) is 71.1 Å². The summed E-state index contributed by atoms with van der Waals surface area (Å²) in [6.07, 6.45) is 11.8. The fraction of sp³-hybridized carbons (Fsp3) is 0.138. The molecule has 0 aliphatic heterocycles. The van der Waals surface area contributed by atoms with Gasteiger partial charge in [0.1, 0.15) is 0 Å². The van der Waals surface area contributed by atoms with E-state index >= 15 is 0 Å². The molecule has 0 radical (unpaired) electrons. The summed E-state index contributed by atoms with van der Waals surface area (Å²) in [6, 6.07) is 73.5. The fourth-order valence-electron chi connectivity index (χ4n) is 9.28. The molecule has 0 amide bonds. The summed E-state index contributed by atoms with van der Waals surface area (Å²) in [5, 5.41) is 3.03. The van der Waals surface area contributed by atoms with Crippen LogP contribution in [0.4, 0.5) is 5.69 Å². The van der Waals surface area contributed by atoms with Gasteiger partial charge in [-0.05, 0) is 133 Å². The molecule has 0 saturated carbocycles. The van der Waals surface area contributed by atoms with Crippen LogP contribution >= 0.6 is 0 Å². The third kappa shape index (κ3) is 10.4. The zero-order valence-electron chi connectivity index (χ0n) is 39.8. The van der Waals surface area contributed by atoms with E-state index in [-0.39, 0.29) is 0 Å². The van der Waals surface area contributed by atoms with Gasteiger partial charge in [-0.15, -0.1) is 0 Å². The van der Waals surface area contributed by atoms with Crippen LogP contribution in [0.15, 0.2) is 243 Å². The van der Waals surface area contributed by atoms with Crippen LogP contribution in [0.1, 0.15) is 73.1 Å². The molecule has 1 atom stereocenters. The lowest BCUT2D eigenvalue weighted by Gasteiger charge is -2.36. The minimum absolute atomic E-state index is 0.471. The summed E-state index contributed by atoms with van der Waals surface area (Å²) in [5.41, 5.74) is 26.5. The van der Waals surface area contributed by atoms with E-state index in [4.69, 9.17) is 12.3 Å². The van der Waals surface area contributed by atoms with Crippen LogP contribution in [0.3, 0.4) is 0 Å². The lowest BCUT2D eigenvalue weighted by atomic mass is 9.65. The van der Waals surface area contributed by atoms with Gasteiger partial charge in [0.05, 0.1) is 5.41 Å². The molecule has 0 bridgehead atoms. The minimum atomic E-state index is -0.471. The average Bonchev–Trinajstić information content (AvgIpc) is 3.71. The van der Waals surface area contributed by atoms with Gasteiger partial charge in [0.15, 0.2) is 0 Å². The number of hydrogen-bond acceptors (Lipinski definition) is 2. The molecular formula is C65H64N2. The van der Waals surface area contributed by atoms with E-state index in [2.05, 4.69) is 199 Å². The molecule has 0 aromatic heterocycles. The Kier molecular flexibility index (Phi) is 16.2. The van der Waals surface area contributed by atoms with E-state index in [0.29, 0.717) is 0 Å². The first-order valence-electron chi connectivity index (χ1n) is 23.9. The molecule has 3 N–H and O–H groups in total. The van der Waals surface area contributed by atoms with Crippen molar-refractivity contribution < 1.29 is 0 Å². The summed E-state index contributed by atoms with van der Waals surface area (Å²) in [4.78, 5) is 0. The van der Waals surface area contributed by atoms with Crippen molar-refractivity contribution in [2.45, 2.75) is 52.4 Å². The van der Waals surface area contributed by atoms with Crippen molar-refractivity contribution >= 4 is 17.0 Å². The van der Waals surface area contributed by atoms with E-state index < -0.39 is 5.41 Å². The summed E-state index contributed by atoms with van der Waals surface area (Å²) in [5.74, 6) is 0. The van der Waals surface area contributed by atoms with E-state index in [1.54, 1.807) is 0 Å². The molecule has 1 spiro atoms. The summed E-state index contributed by atoms with van der Waals surface area (Å²) < 4.78 is 0. The van der Waals surface area contributed by atoms with Gasteiger partial charge in [-0.2, -0.15) is 0 Å². The van der Waals surface area contributed by atoms with Crippen LogP contribution in [0.5, 0.6) is 0 Å². The first-order chi connectivity index (χ1) is 33.0. The van der Waals surface area contributed by atoms with Crippen LogP contribution in [-0.2, 0) is 18.3 Å². The topological polar surface area (TPSA) is 38.0 Å². The number of aryl methyl sites for hydroxylation is 1. The van der Waals surface area contributed by atoms with Crippen LogP contribution in [0.2, 0.25) is 0 Å². The molecule has 2 heteroatoms. The molecule has 2 aliphatic carbocycles. The maximum atomic E-state index is 6.90. The zero-order valence-corrected chi connectivity index (χ0v) is 39.8. The van der Waals surface area contributed by atoms with E-state index in [9.17, 15) is 0 Å². The number of fused-ring (bicyclic) bond motifs is 7. The molecule has 2 nitrogen and oxygen atoms in total. The standard InChI is InChI=1S/C54H43N.C7H9N.2C2H6/c1-38-15-8-9-20-42-21-10-12-25-50(42)54(38)51-26-13-11-24-48(51)49-34-33-46(36-52(49)54)44-22-14-23-45(35-44)47(28-27-39-16-4-2-5-17-39)37-53(55)43-31-29-41(30-32-43)40-18-6-3-7-19-40;1-8-7-5-3-2-4-6-7;2*1-2/h2-8,10-19,21-26,28-37H,1,9,20,27,55H2;2-6,8H,1H3;2*1-2H3/b15-8-,47-28+,53-37-;;;. The summed E-state index contributed by atoms with van der Waals surface area (Å²) >= 11 is 0. The summed E-state index contributed by atoms with van der Waals surface area (Å²) in [7, 11) is 1.91. The number of allylic oxidation sites excluding steroid dienone is 6. The number of benzene rings is 8. The highest BCUT2D eigenvalue weighted by molar-refractivity contribution is 5.90. The first kappa shape index (κ1) is 47.3. The third-order valence-corrected chi connectivity index (χ3v) is 12.5. The minimum Gasteiger partial charge on any atom is -0.398 e. The van der Waals surface area contributed by atoms with Crippen molar-refractivity contribution in [2.24, 2.45) is 5.73 Å². The Morgan fingerprint density at radius 3 is 1.82 bits per heavy atom. The van der Waals surface area contributed by atoms with Gasteiger partial charge in [0.2, 0.25) is 0 Å². The first-order valence-corrected chi connectivity index (χ1v) is 23.9. The predicted octanol–water partition coefficient (Wildman–Crippen LogP) is 16.8. The smallest absolute Gasteiger partial charge is 0.0710 e. The van der Waals surface area contributed by atoms with E-state index in [0.717, 1.165) is 58.5 Å². The Morgan fingerprint density at radius 1 is 0.552 bits per heavy atom. The van der Waals surface area contributed by atoms with Crippen molar-refractivity contribution in [2.75, 3.05) is 12.4 Å². The Morgan fingerprint density at radius 2 is 1.12 bits per heavy atom. The normalized spacial score (nSPS) is 15.0. The molecule has 0 heterocycles. The maximum Gasteiger partial charge on any atom is 0.0710 e. The molecule has 0 saturated heterocycles. The molecule has 8 aromatic rings. The second kappa shape index (κ2) is 23.0. The van der Waals surface area contributed by atoms with Gasteiger partial charge in [0.25, 0.3) is 0 Å². The lowest BCUT2D eigenvalue weighted by Crippen LogP contribution is -2.30.